The summed E-state index contributed by atoms with van der Waals surface area (Å²) in [5.41, 5.74) is 4.13. The maximum Gasteiger partial charge on any atom is 0.251 e. The van der Waals surface area contributed by atoms with E-state index in [0.717, 1.165) is 22.3 Å². The van der Waals surface area contributed by atoms with E-state index in [1.807, 2.05) is 29.9 Å². The second-order valence-electron chi connectivity index (χ2n) is 4.12. The summed E-state index contributed by atoms with van der Waals surface area (Å²) in [5.74, 6) is 0.0350. The molecule has 0 saturated heterocycles. The highest BCUT2D eigenvalue weighted by molar-refractivity contribution is 5.99. The maximum atomic E-state index is 11.5. The van der Waals surface area contributed by atoms with Crippen LogP contribution in [0.15, 0.2) is 36.7 Å². The van der Waals surface area contributed by atoms with Gasteiger partial charge in [-0.15, -0.1) is 0 Å². The second-order valence-corrected chi connectivity index (χ2v) is 4.12. The third-order valence-electron chi connectivity index (χ3n) is 2.96. The van der Waals surface area contributed by atoms with Crippen molar-refractivity contribution in [2.45, 2.75) is 6.54 Å². The largest absolute Gasteiger partial charge is 0.357 e. The predicted octanol–water partition coefficient (Wildman–Crippen LogP) is 1.94. The molecule has 0 unspecified atom stereocenters. The van der Waals surface area contributed by atoms with Gasteiger partial charge in [0.2, 0.25) is 0 Å². The van der Waals surface area contributed by atoms with Gasteiger partial charge in [0.1, 0.15) is 0 Å². The SMILES string of the molecule is Cn1ccc(-c2ccc3c(c2)C(=O)NC3)c1. The van der Waals surface area contributed by atoms with E-state index in [2.05, 4.69) is 23.6 Å². The molecule has 0 fully saturated rings. The third kappa shape index (κ3) is 1.33. The minimum absolute atomic E-state index is 0.0350. The van der Waals surface area contributed by atoms with Crippen LogP contribution < -0.4 is 5.32 Å². The topological polar surface area (TPSA) is 34.0 Å². The molecule has 16 heavy (non-hydrogen) atoms. The van der Waals surface area contributed by atoms with Gasteiger partial charge in [-0.2, -0.15) is 0 Å². The number of amides is 1. The molecular weight excluding hydrogens is 200 g/mol. The fourth-order valence-corrected chi connectivity index (χ4v) is 2.07. The molecule has 3 rings (SSSR count). The van der Waals surface area contributed by atoms with E-state index < -0.39 is 0 Å². The van der Waals surface area contributed by atoms with Gasteiger partial charge in [-0.3, -0.25) is 4.79 Å². The summed E-state index contributed by atoms with van der Waals surface area (Å²) in [6.07, 6.45) is 4.05. The molecule has 1 aliphatic rings. The van der Waals surface area contributed by atoms with Crippen molar-refractivity contribution in [2.24, 2.45) is 7.05 Å². The van der Waals surface area contributed by atoms with Gasteiger partial charge in [0.05, 0.1) is 0 Å². The molecule has 1 aliphatic heterocycles. The summed E-state index contributed by atoms with van der Waals surface area (Å²) < 4.78 is 2.00. The first kappa shape index (κ1) is 9.21. The van der Waals surface area contributed by atoms with Crippen molar-refractivity contribution in [3.63, 3.8) is 0 Å². The van der Waals surface area contributed by atoms with Crippen LogP contribution in [0.1, 0.15) is 15.9 Å². The lowest BCUT2D eigenvalue weighted by molar-refractivity contribution is 0.0966. The number of hydrogen-bond acceptors (Lipinski definition) is 1. The lowest BCUT2D eigenvalue weighted by Gasteiger charge is -2.00. The van der Waals surface area contributed by atoms with Gasteiger partial charge < -0.3 is 9.88 Å². The van der Waals surface area contributed by atoms with Crippen molar-refractivity contribution in [3.05, 3.63) is 47.8 Å². The normalized spacial score (nSPS) is 13.7. The van der Waals surface area contributed by atoms with Gasteiger partial charge in [0.15, 0.2) is 0 Å². The summed E-state index contributed by atoms with van der Waals surface area (Å²) >= 11 is 0. The third-order valence-corrected chi connectivity index (χ3v) is 2.96. The molecule has 3 nitrogen and oxygen atoms in total. The maximum absolute atomic E-state index is 11.5. The van der Waals surface area contributed by atoms with Gasteiger partial charge in [-0.25, -0.2) is 0 Å². The monoisotopic (exact) mass is 212 g/mol. The zero-order valence-corrected chi connectivity index (χ0v) is 9.03. The average molecular weight is 212 g/mol. The lowest BCUT2D eigenvalue weighted by atomic mass is 10.0. The number of carbonyl (C=O) groups excluding carboxylic acids is 1. The molecule has 1 amide bonds. The van der Waals surface area contributed by atoms with E-state index in [4.69, 9.17) is 0 Å². The number of aromatic nitrogens is 1. The number of hydrogen-bond donors (Lipinski definition) is 1. The Bertz CT molecular complexity index is 569. The van der Waals surface area contributed by atoms with Crippen molar-refractivity contribution < 1.29 is 4.79 Å². The Morgan fingerprint density at radius 3 is 2.88 bits per heavy atom. The number of benzene rings is 1. The summed E-state index contributed by atoms with van der Waals surface area (Å²) in [6, 6.07) is 8.10. The minimum Gasteiger partial charge on any atom is -0.357 e. The van der Waals surface area contributed by atoms with Gasteiger partial charge >= 0.3 is 0 Å². The summed E-state index contributed by atoms with van der Waals surface area (Å²) in [5, 5.41) is 2.82. The highest BCUT2D eigenvalue weighted by Crippen LogP contribution is 2.24. The first-order valence-electron chi connectivity index (χ1n) is 5.27. The number of rotatable bonds is 1. The Kier molecular flexibility index (Phi) is 1.86. The molecule has 2 heterocycles. The van der Waals surface area contributed by atoms with E-state index in [1.165, 1.54) is 0 Å². The van der Waals surface area contributed by atoms with Gasteiger partial charge in [-0.1, -0.05) is 12.1 Å². The fourth-order valence-electron chi connectivity index (χ4n) is 2.07. The van der Waals surface area contributed by atoms with Crippen LogP contribution in [0.4, 0.5) is 0 Å². The highest BCUT2D eigenvalue weighted by atomic mass is 16.1. The molecule has 0 aliphatic carbocycles. The number of nitrogens with one attached hydrogen (secondary N) is 1. The van der Waals surface area contributed by atoms with Crippen LogP contribution in [-0.4, -0.2) is 10.5 Å². The highest BCUT2D eigenvalue weighted by Gasteiger charge is 2.18. The molecule has 0 spiro atoms. The Hall–Kier alpha value is -2.03. The van der Waals surface area contributed by atoms with Crippen LogP contribution in [0.2, 0.25) is 0 Å². The van der Waals surface area contributed by atoms with E-state index >= 15 is 0 Å². The zero-order chi connectivity index (χ0) is 11.1. The molecule has 80 valence electrons. The number of carbonyl (C=O) groups is 1. The first-order valence-corrected chi connectivity index (χ1v) is 5.27. The standard InChI is InChI=1S/C13H12N2O/c1-15-5-4-11(8-15)9-2-3-10-7-14-13(16)12(10)6-9/h2-6,8H,7H2,1H3,(H,14,16). The van der Waals surface area contributed by atoms with Crippen LogP contribution in [0, 0.1) is 0 Å². The van der Waals surface area contributed by atoms with Crippen LogP contribution in [-0.2, 0) is 13.6 Å². The molecule has 1 N–H and O–H groups in total. The fraction of sp³-hybridized carbons (Fsp3) is 0.154. The second kappa shape index (κ2) is 3.23. The Labute approximate surface area is 93.7 Å². The van der Waals surface area contributed by atoms with Gasteiger partial charge in [0.25, 0.3) is 5.91 Å². The summed E-state index contributed by atoms with van der Waals surface area (Å²) in [4.78, 5) is 11.5. The number of fused-ring (bicyclic) bond motifs is 1. The molecule has 0 radical (unpaired) electrons. The molecule has 3 heteroatoms. The number of aryl methyl sites for hydroxylation is 1. The van der Waals surface area contributed by atoms with Crippen molar-refractivity contribution in [1.82, 2.24) is 9.88 Å². The van der Waals surface area contributed by atoms with Crippen molar-refractivity contribution >= 4 is 5.91 Å². The number of nitrogens with zero attached hydrogens (tertiary/aromatic N) is 1. The molecule has 1 aromatic heterocycles. The average Bonchev–Trinajstić information content (AvgIpc) is 2.86. The molecule has 2 aromatic rings. The van der Waals surface area contributed by atoms with Crippen LogP contribution >= 0.6 is 0 Å². The molecule has 0 saturated carbocycles. The molecule has 0 bridgehead atoms. The van der Waals surface area contributed by atoms with Crippen molar-refractivity contribution in [2.75, 3.05) is 0 Å². The molecule has 0 atom stereocenters. The lowest BCUT2D eigenvalue weighted by Crippen LogP contribution is -2.12. The predicted molar refractivity (Wildman–Crippen MR) is 62.0 cm³/mol. The van der Waals surface area contributed by atoms with E-state index in [0.29, 0.717) is 6.54 Å². The Balaban J connectivity index is 2.10. The summed E-state index contributed by atoms with van der Waals surface area (Å²) in [6.45, 7) is 0.656. The van der Waals surface area contributed by atoms with E-state index in [9.17, 15) is 4.79 Å². The van der Waals surface area contributed by atoms with Gasteiger partial charge in [0, 0.05) is 31.5 Å². The zero-order valence-electron chi connectivity index (χ0n) is 9.03. The first-order chi connectivity index (χ1) is 7.74. The van der Waals surface area contributed by atoms with Crippen molar-refractivity contribution in [3.8, 4) is 11.1 Å². The van der Waals surface area contributed by atoms with Crippen LogP contribution in [0.3, 0.4) is 0 Å². The van der Waals surface area contributed by atoms with Crippen LogP contribution in [0.5, 0.6) is 0 Å². The quantitative estimate of drug-likeness (QED) is 0.770. The molecule has 1 aromatic carbocycles. The minimum atomic E-state index is 0.0350. The molecular formula is C13H12N2O. The Morgan fingerprint density at radius 2 is 2.12 bits per heavy atom. The smallest absolute Gasteiger partial charge is 0.251 e. The van der Waals surface area contributed by atoms with E-state index in [1.54, 1.807) is 0 Å². The van der Waals surface area contributed by atoms with Crippen molar-refractivity contribution in [1.29, 1.82) is 0 Å². The Morgan fingerprint density at radius 1 is 1.25 bits per heavy atom. The summed E-state index contributed by atoms with van der Waals surface area (Å²) in [7, 11) is 1.99. The van der Waals surface area contributed by atoms with E-state index in [-0.39, 0.29) is 5.91 Å². The van der Waals surface area contributed by atoms with Crippen LogP contribution in [0.25, 0.3) is 11.1 Å². The van der Waals surface area contributed by atoms with Gasteiger partial charge in [-0.05, 0) is 28.8 Å².